The molecule has 1 fully saturated rings. The van der Waals surface area contributed by atoms with E-state index in [0.717, 1.165) is 19.2 Å². The quantitative estimate of drug-likeness (QED) is 0.836. The predicted octanol–water partition coefficient (Wildman–Crippen LogP) is 1.88. The second-order valence-corrected chi connectivity index (χ2v) is 4.09. The Balaban J connectivity index is 2.02. The molecular formula is C11H12ClFN2O2. The lowest BCUT2D eigenvalue weighted by atomic mass is 10.3. The first-order valence-electron chi connectivity index (χ1n) is 5.29. The van der Waals surface area contributed by atoms with Crippen molar-refractivity contribution in [3.8, 4) is 5.75 Å². The average Bonchev–Trinajstić information content (AvgIpc) is 2.34. The van der Waals surface area contributed by atoms with Crippen LogP contribution in [0.25, 0.3) is 0 Å². The van der Waals surface area contributed by atoms with Gasteiger partial charge in [-0.05, 0) is 18.2 Å². The van der Waals surface area contributed by atoms with E-state index in [1.54, 1.807) is 4.90 Å². The van der Waals surface area contributed by atoms with Crippen molar-refractivity contribution in [1.82, 2.24) is 10.2 Å². The third-order valence-electron chi connectivity index (χ3n) is 2.47. The van der Waals surface area contributed by atoms with E-state index in [0.29, 0.717) is 13.1 Å². The number of amides is 1. The molecule has 0 atom stereocenters. The zero-order valence-electron chi connectivity index (χ0n) is 9.08. The van der Waals surface area contributed by atoms with Crippen LogP contribution in [0.5, 0.6) is 5.75 Å². The van der Waals surface area contributed by atoms with Crippen molar-refractivity contribution >= 4 is 17.7 Å². The van der Waals surface area contributed by atoms with Gasteiger partial charge in [0.25, 0.3) is 0 Å². The number of rotatable bonds is 1. The summed E-state index contributed by atoms with van der Waals surface area (Å²) in [6.45, 7) is 2.67. The van der Waals surface area contributed by atoms with E-state index in [2.05, 4.69) is 5.32 Å². The molecule has 0 aliphatic carbocycles. The van der Waals surface area contributed by atoms with Crippen LogP contribution in [-0.2, 0) is 0 Å². The third-order valence-corrected chi connectivity index (χ3v) is 2.76. The summed E-state index contributed by atoms with van der Waals surface area (Å²) in [5.74, 6) is -0.284. The van der Waals surface area contributed by atoms with Gasteiger partial charge in [-0.1, -0.05) is 11.6 Å². The largest absolute Gasteiger partial charge is 0.415 e. The molecule has 2 rings (SSSR count). The molecular weight excluding hydrogens is 247 g/mol. The number of hydrogen-bond acceptors (Lipinski definition) is 3. The van der Waals surface area contributed by atoms with Gasteiger partial charge in [0.2, 0.25) is 0 Å². The van der Waals surface area contributed by atoms with Gasteiger partial charge >= 0.3 is 6.09 Å². The van der Waals surface area contributed by atoms with Crippen molar-refractivity contribution < 1.29 is 13.9 Å². The number of carbonyl (C=O) groups excluding carboxylic acids is 1. The van der Waals surface area contributed by atoms with Crippen LogP contribution < -0.4 is 10.1 Å². The molecule has 92 valence electrons. The topological polar surface area (TPSA) is 41.6 Å². The molecule has 1 heterocycles. The maximum absolute atomic E-state index is 12.8. The van der Waals surface area contributed by atoms with Crippen LogP contribution in [0.4, 0.5) is 9.18 Å². The van der Waals surface area contributed by atoms with Gasteiger partial charge in [-0.2, -0.15) is 0 Å². The van der Waals surface area contributed by atoms with Crippen LogP contribution in [-0.4, -0.2) is 37.2 Å². The van der Waals surface area contributed by atoms with Gasteiger partial charge in [-0.25, -0.2) is 9.18 Å². The first kappa shape index (κ1) is 12.1. The molecule has 0 bridgehead atoms. The van der Waals surface area contributed by atoms with E-state index >= 15 is 0 Å². The van der Waals surface area contributed by atoms with Crippen LogP contribution in [0.3, 0.4) is 0 Å². The smallest absolute Gasteiger partial charge is 0.409 e. The predicted molar refractivity (Wildman–Crippen MR) is 61.9 cm³/mol. The van der Waals surface area contributed by atoms with Crippen molar-refractivity contribution in [3.63, 3.8) is 0 Å². The Morgan fingerprint density at radius 3 is 2.76 bits per heavy atom. The van der Waals surface area contributed by atoms with Crippen molar-refractivity contribution in [2.24, 2.45) is 0 Å². The van der Waals surface area contributed by atoms with Gasteiger partial charge in [-0.15, -0.1) is 0 Å². The van der Waals surface area contributed by atoms with Gasteiger partial charge in [0.15, 0.2) is 5.75 Å². The zero-order valence-corrected chi connectivity index (χ0v) is 9.84. The van der Waals surface area contributed by atoms with Crippen LogP contribution in [0.15, 0.2) is 18.2 Å². The Bertz CT molecular complexity index is 422. The van der Waals surface area contributed by atoms with Gasteiger partial charge < -0.3 is 15.0 Å². The lowest BCUT2D eigenvalue weighted by Crippen LogP contribution is -2.47. The zero-order chi connectivity index (χ0) is 12.3. The summed E-state index contributed by atoms with van der Waals surface area (Å²) in [5, 5.41) is 3.22. The lowest BCUT2D eigenvalue weighted by Gasteiger charge is -2.26. The number of nitrogens with zero attached hydrogens (tertiary/aromatic N) is 1. The Labute approximate surface area is 103 Å². The number of hydrogen-bond donors (Lipinski definition) is 1. The molecule has 1 aromatic rings. The van der Waals surface area contributed by atoms with Crippen LogP contribution in [0, 0.1) is 5.82 Å². The third kappa shape index (κ3) is 3.08. The standard InChI is InChI=1S/C11H12ClFN2O2/c12-9-7-8(13)1-2-10(9)17-11(16)15-5-3-14-4-6-15/h1-2,7,14H,3-6H2. The van der Waals surface area contributed by atoms with Crippen molar-refractivity contribution in [2.45, 2.75) is 0 Å². The summed E-state index contributed by atoms with van der Waals surface area (Å²) in [6, 6.07) is 3.66. The van der Waals surface area contributed by atoms with Gasteiger partial charge in [0.1, 0.15) is 5.82 Å². The maximum atomic E-state index is 12.8. The summed E-state index contributed by atoms with van der Waals surface area (Å²) in [7, 11) is 0. The van der Waals surface area contributed by atoms with Crippen LogP contribution in [0.1, 0.15) is 0 Å². The fraction of sp³-hybridized carbons (Fsp3) is 0.364. The number of benzene rings is 1. The van der Waals surface area contributed by atoms with Crippen molar-refractivity contribution in [2.75, 3.05) is 26.2 Å². The molecule has 6 heteroatoms. The second-order valence-electron chi connectivity index (χ2n) is 3.68. The summed E-state index contributed by atoms with van der Waals surface area (Å²) in [6.07, 6.45) is -0.458. The summed E-state index contributed by atoms with van der Waals surface area (Å²) in [4.78, 5) is 13.3. The molecule has 0 spiro atoms. The molecule has 1 aromatic carbocycles. The molecule has 0 radical (unpaired) electrons. The maximum Gasteiger partial charge on any atom is 0.415 e. The number of carbonyl (C=O) groups is 1. The first-order valence-corrected chi connectivity index (χ1v) is 5.67. The number of nitrogens with one attached hydrogen (secondary N) is 1. The molecule has 1 aliphatic rings. The van der Waals surface area contributed by atoms with Crippen molar-refractivity contribution in [3.05, 3.63) is 29.0 Å². The molecule has 4 nitrogen and oxygen atoms in total. The number of halogens is 2. The Hall–Kier alpha value is -1.33. The highest BCUT2D eigenvalue weighted by atomic mass is 35.5. The summed E-state index contributed by atoms with van der Waals surface area (Å²) >= 11 is 5.76. The van der Waals surface area contributed by atoms with E-state index < -0.39 is 11.9 Å². The summed E-state index contributed by atoms with van der Waals surface area (Å²) < 4.78 is 17.9. The molecule has 1 N–H and O–H groups in total. The lowest BCUT2D eigenvalue weighted by molar-refractivity contribution is 0.146. The minimum atomic E-state index is -0.461. The van der Waals surface area contributed by atoms with Crippen LogP contribution >= 0.6 is 11.6 Å². The molecule has 0 aromatic heterocycles. The highest BCUT2D eigenvalue weighted by Crippen LogP contribution is 2.25. The van der Waals surface area contributed by atoms with E-state index in [9.17, 15) is 9.18 Å². The van der Waals surface area contributed by atoms with E-state index in [1.807, 2.05) is 0 Å². The number of piperazine rings is 1. The Morgan fingerprint density at radius 1 is 1.41 bits per heavy atom. The highest BCUT2D eigenvalue weighted by molar-refractivity contribution is 6.32. The van der Waals surface area contributed by atoms with E-state index in [-0.39, 0.29) is 10.8 Å². The highest BCUT2D eigenvalue weighted by Gasteiger charge is 2.19. The molecule has 1 amide bonds. The Kier molecular flexibility index (Phi) is 3.81. The monoisotopic (exact) mass is 258 g/mol. The van der Waals surface area contributed by atoms with Gasteiger partial charge in [0.05, 0.1) is 5.02 Å². The molecule has 17 heavy (non-hydrogen) atoms. The van der Waals surface area contributed by atoms with Crippen molar-refractivity contribution in [1.29, 1.82) is 0 Å². The molecule has 1 aliphatic heterocycles. The fourth-order valence-electron chi connectivity index (χ4n) is 1.56. The first-order chi connectivity index (χ1) is 8.16. The average molecular weight is 259 g/mol. The molecule has 0 unspecified atom stereocenters. The minimum Gasteiger partial charge on any atom is -0.409 e. The van der Waals surface area contributed by atoms with Crippen LogP contribution in [0.2, 0.25) is 5.02 Å². The van der Waals surface area contributed by atoms with Gasteiger partial charge in [-0.3, -0.25) is 0 Å². The Morgan fingerprint density at radius 2 is 2.12 bits per heavy atom. The molecule has 0 saturated carbocycles. The fourth-order valence-corrected chi connectivity index (χ4v) is 1.77. The van der Waals surface area contributed by atoms with E-state index in [1.165, 1.54) is 12.1 Å². The minimum absolute atomic E-state index is 0.0912. The number of ether oxygens (including phenoxy) is 1. The second kappa shape index (κ2) is 5.33. The SMILES string of the molecule is O=C(Oc1ccc(F)cc1Cl)N1CCNCC1. The molecule has 1 saturated heterocycles. The van der Waals surface area contributed by atoms with E-state index in [4.69, 9.17) is 16.3 Å². The van der Waals surface area contributed by atoms with Gasteiger partial charge in [0, 0.05) is 26.2 Å². The summed E-state index contributed by atoms with van der Waals surface area (Å²) in [5.41, 5.74) is 0. The normalized spacial score (nSPS) is 15.8.